The lowest BCUT2D eigenvalue weighted by molar-refractivity contribution is -0.384. The third kappa shape index (κ3) is 4.40. The summed E-state index contributed by atoms with van der Waals surface area (Å²) < 4.78 is 0. The number of rotatable bonds is 6. The summed E-state index contributed by atoms with van der Waals surface area (Å²) in [5.41, 5.74) is 1.33. The Hall–Kier alpha value is -1.42. The molecule has 4 heteroatoms. The predicted octanol–water partition coefficient (Wildman–Crippen LogP) is 2.48. The number of unbranched alkanes of at least 4 members (excludes halogenated alkanes) is 1. The molecular weight excluding hydrogens is 204 g/mol. The number of benzene rings is 1. The summed E-state index contributed by atoms with van der Waals surface area (Å²) in [6.07, 6.45) is 3.27. The Morgan fingerprint density at radius 3 is 2.31 bits per heavy atom. The quantitative estimate of drug-likeness (QED) is 0.422. The minimum Gasteiger partial charge on any atom is -0.309 e. The average Bonchev–Trinajstić information content (AvgIpc) is 2.25. The normalized spacial score (nSPS) is 10.7. The molecule has 1 aromatic carbocycles. The molecule has 0 aliphatic heterocycles. The van der Waals surface area contributed by atoms with Gasteiger partial charge in [0, 0.05) is 12.1 Å². The van der Waals surface area contributed by atoms with Crippen LogP contribution < -0.4 is 0 Å². The Labute approximate surface area is 96.0 Å². The van der Waals surface area contributed by atoms with E-state index < -0.39 is 0 Å². The van der Waals surface area contributed by atoms with Crippen molar-refractivity contribution in [2.45, 2.75) is 19.3 Å². The van der Waals surface area contributed by atoms with Crippen LogP contribution >= 0.6 is 0 Å². The SMILES string of the molecule is CN(C)CCCCc1ccc([N+](=O)[O-])cc1. The highest BCUT2D eigenvalue weighted by Crippen LogP contribution is 2.13. The van der Waals surface area contributed by atoms with Crippen LogP contribution in [0.15, 0.2) is 24.3 Å². The van der Waals surface area contributed by atoms with E-state index in [-0.39, 0.29) is 10.6 Å². The second-order valence-electron chi connectivity index (χ2n) is 4.18. The zero-order valence-corrected chi connectivity index (χ0v) is 9.85. The Morgan fingerprint density at radius 2 is 1.81 bits per heavy atom. The summed E-state index contributed by atoms with van der Waals surface area (Å²) in [5, 5.41) is 10.4. The fraction of sp³-hybridized carbons (Fsp3) is 0.500. The van der Waals surface area contributed by atoms with E-state index in [2.05, 4.69) is 19.0 Å². The van der Waals surface area contributed by atoms with Gasteiger partial charge in [0.05, 0.1) is 4.92 Å². The van der Waals surface area contributed by atoms with Crippen molar-refractivity contribution in [1.29, 1.82) is 0 Å². The van der Waals surface area contributed by atoms with E-state index in [4.69, 9.17) is 0 Å². The Morgan fingerprint density at radius 1 is 1.19 bits per heavy atom. The monoisotopic (exact) mass is 222 g/mol. The van der Waals surface area contributed by atoms with Gasteiger partial charge in [0.1, 0.15) is 0 Å². The zero-order valence-electron chi connectivity index (χ0n) is 9.85. The molecular formula is C12H18N2O2. The maximum atomic E-state index is 10.4. The van der Waals surface area contributed by atoms with Gasteiger partial charge in [-0.05, 0) is 45.5 Å². The van der Waals surface area contributed by atoms with Crippen molar-refractivity contribution in [2.75, 3.05) is 20.6 Å². The van der Waals surface area contributed by atoms with E-state index in [1.807, 2.05) is 12.1 Å². The molecule has 0 aliphatic carbocycles. The number of non-ortho nitro benzene ring substituents is 1. The van der Waals surface area contributed by atoms with Crippen molar-refractivity contribution in [2.24, 2.45) is 0 Å². The van der Waals surface area contributed by atoms with Crippen LogP contribution in [0, 0.1) is 10.1 Å². The van der Waals surface area contributed by atoms with Crippen LogP contribution in [0.1, 0.15) is 18.4 Å². The molecule has 88 valence electrons. The summed E-state index contributed by atoms with van der Waals surface area (Å²) in [6.45, 7) is 1.09. The number of nitro benzene ring substituents is 1. The maximum Gasteiger partial charge on any atom is 0.269 e. The fourth-order valence-electron chi connectivity index (χ4n) is 1.54. The third-order valence-corrected chi connectivity index (χ3v) is 2.47. The Bertz CT molecular complexity index is 333. The first-order valence-electron chi connectivity index (χ1n) is 5.47. The van der Waals surface area contributed by atoms with Gasteiger partial charge >= 0.3 is 0 Å². The highest BCUT2D eigenvalue weighted by Gasteiger charge is 2.03. The van der Waals surface area contributed by atoms with E-state index in [0.29, 0.717) is 0 Å². The second-order valence-corrected chi connectivity index (χ2v) is 4.18. The van der Waals surface area contributed by atoms with Crippen molar-refractivity contribution >= 4 is 5.69 Å². The lowest BCUT2D eigenvalue weighted by atomic mass is 10.1. The lowest BCUT2D eigenvalue weighted by Crippen LogP contribution is -2.12. The van der Waals surface area contributed by atoms with Crippen LogP contribution in [0.2, 0.25) is 0 Å². The second kappa shape index (κ2) is 6.23. The van der Waals surface area contributed by atoms with Gasteiger partial charge in [-0.2, -0.15) is 0 Å². The summed E-state index contributed by atoms with van der Waals surface area (Å²) >= 11 is 0. The summed E-state index contributed by atoms with van der Waals surface area (Å²) in [7, 11) is 4.12. The van der Waals surface area contributed by atoms with Crippen LogP contribution in [0.5, 0.6) is 0 Å². The van der Waals surface area contributed by atoms with Gasteiger partial charge in [-0.25, -0.2) is 0 Å². The standard InChI is InChI=1S/C12H18N2O2/c1-13(2)10-4-3-5-11-6-8-12(9-7-11)14(15)16/h6-9H,3-5,10H2,1-2H3. The summed E-state index contributed by atoms with van der Waals surface area (Å²) in [5.74, 6) is 0. The molecule has 0 fully saturated rings. The molecule has 0 N–H and O–H groups in total. The topological polar surface area (TPSA) is 46.4 Å². The number of nitrogens with zero attached hydrogens (tertiary/aromatic N) is 2. The van der Waals surface area contributed by atoms with Crippen molar-refractivity contribution in [3.05, 3.63) is 39.9 Å². The molecule has 4 nitrogen and oxygen atoms in total. The molecule has 0 spiro atoms. The molecule has 16 heavy (non-hydrogen) atoms. The molecule has 0 atom stereocenters. The van der Waals surface area contributed by atoms with E-state index in [1.54, 1.807) is 12.1 Å². The molecule has 0 heterocycles. The zero-order chi connectivity index (χ0) is 12.0. The third-order valence-electron chi connectivity index (χ3n) is 2.47. The lowest BCUT2D eigenvalue weighted by Gasteiger charge is -2.08. The van der Waals surface area contributed by atoms with Gasteiger partial charge in [-0.15, -0.1) is 0 Å². The van der Waals surface area contributed by atoms with Crippen molar-refractivity contribution in [3.8, 4) is 0 Å². The van der Waals surface area contributed by atoms with Crippen LogP contribution in [-0.2, 0) is 6.42 Å². The molecule has 0 saturated heterocycles. The van der Waals surface area contributed by atoms with E-state index in [9.17, 15) is 10.1 Å². The molecule has 0 unspecified atom stereocenters. The maximum absolute atomic E-state index is 10.4. The van der Waals surface area contributed by atoms with Gasteiger partial charge in [0.2, 0.25) is 0 Å². The molecule has 0 aliphatic rings. The van der Waals surface area contributed by atoms with Crippen LogP contribution in [0.3, 0.4) is 0 Å². The minimum absolute atomic E-state index is 0.164. The van der Waals surface area contributed by atoms with Crippen LogP contribution in [-0.4, -0.2) is 30.5 Å². The van der Waals surface area contributed by atoms with E-state index >= 15 is 0 Å². The first-order valence-corrected chi connectivity index (χ1v) is 5.47. The first-order chi connectivity index (χ1) is 7.59. The predicted molar refractivity (Wildman–Crippen MR) is 64.6 cm³/mol. The fourth-order valence-corrected chi connectivity index (χ4v) is 1.54. The average molecular weight is 222 g/mol. The van der Waals surface area contributed by atoms with E-state index in [0.717, 1.165) is 25.8 Å². The first kappa shape index (κ1) is 12.6. The molecule has 0 aromatic heterocycles. The highest BCUT2D eigenvalue weighted by atomic mass is 16.6. The van der Waals surface area contributed by atoms with Crippen molar-refractivity contribution in [3.63, 3.8) is 0 Å². The molecule has 0 bridgehead atoms. The molecule has 0 saturated carbocycles. The van der Waals surface area contributed by atoms with Crippen molar-refractivity contribution in [1.82, 2.24) is 4.90 Å². The number of hydrogen-bond donors (Lipinski definition) is 0. The largest absolute Gasteiger partial charge is 0.309 e. The summed E-state index contributed by atoms with van der Waals surface area (Å²) in [4.78, 5) is 12.2. The smallest absolute Gasteiger partial charge is 0.269 e. The summed E-state index contributed by atoms with van der Waals surface area (Å²) in [6, 6.07) is 6.82. The van der Waals surface area contributed by atoms with E-state index in [1.165, 1.54) is 5.56 Å². The van der Waals surface area contributed by atoms with Gasteiger partial charge in [-0.3, -0.25) is 10.1 Å². The molecule has 0 amide bonds. The minimum atomic E-state index is -0.365. The van der Waals surface area contributed by atoms with Gasteiger partial charge in [0.25, 0.3) is 5.69 Å². The highest BCUT2D eigenvalue weighted by molar-refractivity contribution is 5.32. The Kier molecular flexibility index (Phi) is 4.92. The van der Waals surface area contributed by atoms with Crippen LogP contribution in [0.4, 0.5) is 5.69 Å². The van der Waals surface area contributed by atoms with Crippen molar-refractivity contribution < 1.29 is 4.92 Å². The molecule has 1 rings (SSSR count). The van der Waals surface area contributed by atoms with Gasteiger partial charge in [-0.1, -0.05) is 12.1 Å². The Balaban J connectivity index is 2.35. The molecule has 0 radical (unpaired) electrons. The van der Waals surface area contributed by atoms with Gasteiger partial charge in [0.15, 0.2) is 0 Å². The van der Waals surface area contributed by atoms with Crippen LogP contribution in [0.25, 0.3) is 0 Å². The van der Waals surface area contributed by atoms with Gasteiger partial charge < -0.3 is 4.90 Å². The number of nitro groups is 1. The number of hydrogen-bond acceptors (Lipinski definition) is 3. The number of aryl methyl sites for hydroxylation is 1. The molecule has 1 aromatic rings.